The van der Waals surface area contributed by atoms with Crippen LogP contribution in [0.1, 0.15) is 11.1 Å². The lowest BCUT2D eigenvalue weighted by Crippen LogP contribution is -2.35. The van der Waals surface area contributed by atoms with Gasteiger partial charge in [0, 0.05) is 28.7 Å². The summed E-state index contributed by atoms with van der Waals surface area (Å²) in [6, 6.07) is 17.5. The lowest BCUT2D eigenvalue weighted by atomic mass is 10.1. The number of amides is 2. The summed E-state index contributed by atoms with van der Waals surface area (Å²) in [6.07, 6.45) is 0. The fourth-order valence-electron chi connectivity index (χ4n) is 3.87. The van der Waals surface area contributed by atoms with Gasteiger partial charge < -0.3 is 29.4 Å². The van der Waals surface area contributed by atoms with Crippen molar-refractivity contribution >= 4 is 22.6 Å². The summed E-state index contributed by atoms with van der Waals surface area (Å²) in [7, 11) is 1.57. The monoisotopic (exact) mass is 475 g/mol. The van der Waals surface area contributed by atoms with Crippen LogP contribution in [0.2, 0.25) is 0 Å². The molecule has 0 saturated heterocycles. The molecule has 35 heavy (non-hydrogen) atoms. The van der Waals surface area contributed by atoms with Crippen LogP contribution < -0.4 is 25.1 Å². The van der Waals surface area contributed by atoms with E-state index >= 15 is 0 Å². The Bertz CT molecular complexity index is 1450. The van der Waals surface area contributed by atoms with E-state index in [1.54, 1.807) is 37.4 Å². The van der Waals surface area contributed by atoms with E-state index in [0.717, 1.165) is 10.9 Å². The number of fused-ring (bicyclic) bond motifs is 2. The van der Waals surface area contributed by atoms with E-state index < -0.39 is 11.8 Å². The summed E-state index contributed by atoms with van der Waals surface area (Å²) >= 11 is 0. The van der Waals surface area contributed by atoms with Gasteiger partial charge in [-0.25, -0.2) is 9.18 Å². The summed E-state index contributed by atoms with van der Waals surface area (Å²) in [4.78, 5) is 30.4. The molecule has 178 valence electrons. The summed E-state index contributed by atoms with van der Waals surface area (Å²) in [5, 5.41) is 3.55. The molecule has 2 amide bonds. The number of anilines is 1. The molecule has 4 aromatic rings. The molecule has 2 heterocycles. The Morgan fingerprint density at radius 1 is 1.03 bits per heavy atom. The van der Waals surface area contributed by atoms with Crippen molar-refractivity contribution in [3.63, 3.8) is 0 Å². The Labute approximate surface area is 199 Å². The first-order valence-corrected chi connectivity index (χ1v) is 10.9. The standard InChI is InChI=1S/C26H22FN3O5/c1-33-21-7-8-22-17(12-21)11-18(25(31)29-22)14-30(26(32)28-20-5-3-19(27)4-6-20)13-16-2-9-23-24(10-16)35-15-34-23/h2-12H,13-15H2,1H3,(H,28,32)(H,29,31). The van der Waals surface area contributed by atoms with Crippen LogP contribution in [0.5, 0.6) is 17.2 Å². The van der Waals surface area contributed by atoms with Gasteiger partial charge in [0.15, 0.2) is 11.5 Å². The lowest BCUT2D eigenvalue weighted by Gasteiger charge is -2.23. The minimum atomic E-state index is -0.445. The molecule has 1 aromatic heterocycles. The molecule has 0 aliphatic carbocycles. The highest BCUT2D eigenvalue weighted by molar-refractivity contribution is 5.89. The van der Waals surface area contributed by atoms with Gasteiger partial charge in [0.2, 0.25) is 6.79 Å². The summed E-state index contributed by atoms with van der Waals surface area (Å²) in [5.41, 5.74) is 2.00. The molecule has 0 unspecified atom stereocenters. The van der Waals surface area contributed by atoms with Crippen LogP contribution in [0, 0.1) is 5.82 Å². The van der Waals surface area contributed by atoms with Crippen molar-refractivity contribution in [2.45, 2.75) is 13.1 Å². The molecule has 0 spiro atoms. The van der Waals surface area contributed by atoms with E-state index in [-0.39, 0.29) is 25.4 Å². The number of halogens is 1. The highest BCUT2D eigenvalue weighted by atomic mass is 19.1. The number of hydrogen-bond donors (Lipinski definition) is 2. The molecule has 0 atom stereocenters. The quantitative estimate of drug-likeness (QED) is 0.424. The fourth-order valence-corrected chi connectivity index (χ4v) is 3.87. The highest BCUT2D eigenvalue weighted by Gasteiger charge is 2.20. The van der Waals surface area contributed by atoms with E-state index in [9.17, 15) is 14.0 Å². The Balaban J connectivity index is 1.46. The number of H-pyrrole nitrogens is 1. The molecule has 5 rings (SSSR count). The first-order chi connectivity index (χ1) is 17.0. The van der Waals surface area contributed by atoms with Crippen LogP contribution in [0.15, 0.2) is 71.5 Å². The van der Waals surface area contributed by atoms with Crippen molar-refractivity contribution in [2.75, 3.05) is 19.2 Å². The third kappa shape index (κ3) is 4.89. The van der Waals surface area contributed by atoms with Gasteiger partial charge in [0.25, 0.3) is 5.56 Å². The van der Waals surface area contributed by atoms with Crippen molar-refractivity contribution in [1.29, 1.82) is 0 Å². The van der Waals surface area contributed by atoms with Gasteiger partial charge in [-0.15, -0.1) is 0 Å². The fraction of sp³-hybridized carbons (Fsp3) is 0.154. The Hall–Kier alpha value is -4.53. The number of nitrogens with zero attached hydrogens (tertiary/aromatic N) is 1. The largest absolute Gasteiger partial charge is 0.497 e. The minimum Gasteiger partial charge on any atom is -0.497 e. The molecule has 9 heteroatoms. The molecule has 1 aliphatic heterocycles. The number of carbonyl (C=O) groups excluding carboxylic acids is 1. The van der Waals surface area contributed by atoms with Gasteiger partial charge in [-0.3, -0.25) is 4.79 Å². The number of aromatic nitrogens is 1. The summed E-state index contributed by atoms with van der Waals surface area (Å²) in [6.45, 7) is 0.368. The summed E-state index contributed by atoms with van der Waals surface area (Å²) in [5.74, 6) is 1.48. The van der Waals surface area contributed by atoms with Crippen molar-refractivity contribution in [1.82, 2.24) is 9.88 Å². The Morgan fingerprint density at radius 3 is 2.63 bits per heavy atom. The Kier molecular flexibility index (Phi) is 5.97. The molecular weight excluding hydrogens is 453 g/mol. The zero-order valence-corrected chi connectivity index (χ0v) is 18.8. The second-order valence-electron chi connectivity index (χ2n) is 8.06. The molecule has 8 nitrogen and oxygen atoms in total. The third-order valence-corrected chi connectivity index (χ3v) is 5.68. The molecule has 2 N–H and O–H groups in total. The number of ether oxygens (including phenoxy) is 3. The smallest absolute Gasteiger partial charge is 0.322 e. The van der Waals surface area contributed by atoms with Crippen LogP contribution in [0.4, 0.5) is 14.9 Å². The minimum absolute atomic E-state index is 0.0317. The average Bonchev–Trinajstić information content (AvgIpc) is 3.33. The maximum absolute atomic E-state index is 13.3. The summed E-state index contributed by atoms with van der Waals surface area (Å²) < 4.78 is 29.4. The molecule has 0 fully saturated rings. The number of pyridine rings is 1. The van der Waals surface area contributed by atoms with Gasteiger partial charge in [0.1, 0.15) is 11.6 Å². The third-order valence-electron chi connectivity index (χ3n) is 5.68. The number of aromatic amines is 1. The molecule has 0 saturated carbocycles. The lowest BCUT2D eigenvalue weighted by molar-refractivity contribution is 0.174. The SMILES string of the molecule is COc1ccc2[nH]c(=O)c(CN(Cc3ccc4c(c3)OCO4)C(=O)Nc3ccc(F)cc3)cc2c1. The maximum Gasteiger partial charge on any atom is 0.322 e. The van der Waals surface area contributed by atoms with E-state index in [4.69, 9.17) is 14.2 Å². The van der Waals surface area contributed by atoms with Crippen molar-refractivity contribution in [3.05, 3.63) is 94.0 Å². The van der Waals surface area contributed by atoms with Gasteiger partial charge in [0.05, 0.1) is 13.7 Å². The van der Waals surface area contributed by atoms with Crippen LogP contribution >= 0.6 is 0 Å². The van der Waals surface area contributed by atoms with Crippen LogP contribution in [0.25, 0.3) is 10.9 Å². The van der Waals surface area contributed by atoms with Crippen molar-refractivity contribution < 1.29 is 23.4 Å². The van der Waals surface area contributed by atoms with E-state index in [0.29, 0.717) is 34.0 Å². The Morgan fingerprint density at radius 2 is 1.83 bits per heavy atom. The molecule has 0 bridgehead atoms. The number of carbonyl (C=O) groups is 1. The van der Waals surface area contributed by atoms with Gasteiger partial charge in [-0.1, -0.05) is 6.07 Å². The number of urea groups is 1. The van der Waals surface area contributed by atoms with Gasteiger partial charge >= 0.3 is 6.03 Å². The number of benzene rings is 3. The zero-order chi connectivity index (χ0) is 24.4. The zero-order valence-electron chi connectivity index (χ0n) is 18.8. The average molecular weight is 475 g/mol. The molecule has 1 aliphatic rings. The van der Waals surface area contributed by atoms with E-state index in [1.807, 2.05) is 12.1 Å². The normalized spacial score (nSPS) is 11.9. The number of rotatable bonds is 6. The van der Waals surface area contributed by atoms with Crippen LogP contribution in [0.3, 0.4) is 0 Å². The second kappa shape index (κ2) is 9.38. The molecular formula is C26H22FN3O5. The van der Waals surface area contributed by atoms with Crippen molar-refractivity contribution in [2.24, 2.45) is 0 Å². The molecule has 3 aromatic carbocycles. The van der Waals surface area contributed by atoms with Crippen LogP contribution in [-0.4, -0.2) is 29.8 Å². The number of nitrogens with one attached hydrogen (secondary N) is 2. The highest BCUT2D eigenvalue weighted by Crippen LogP contribution is 2.33. The van der Waals surface area contributed by atoms with E-state index in [1.165, 1.54) is 29.2 Å². The first-order valence-electron chi connectivity index (χ1n) is 10.9. The van der Waals surface area contributed by atoms with Gasteiger partial charge in [-0.05, 0) is 66.2 Å². The maximum atomic E-state index is 13.3. The molecule has 0 radical (unpaired) electrons. The predicted octanol–water partition coefficient (Wildman–Crippen LogP) is 4.64. The predicted molar refractivity (Wildman–Crippen MR) is 128 cm³/mol. The number of methoxy groups -OCH3 is 1. The van der Waals surface area contributed by atoms with E-state index in [2.05, 4.69) is 10.3 Å². The number of hydrogen-bond acceptors (Lipinski definition) is 5. The van der Waals surface area contributed by atoms with Gasteiger partial charge in [-0.2, -0.15) is 0 Å². The van der Waals surface area contributed by atoms with Crippen LogP contribution in [-0.2, 0) is 13.1 Å². The van der Waals surface area contributed by atoms with Crippen molar-refractivity contribution in [3.8, 4) is 17.2 Å². The first kappa shape index (κ1) is 22.3. The topological polar surface area (TPSA) is 92.9 Å². The second-order valence-corrected chi connectivity index (χ2v) is 8.06.